The smallest absolute Gasteiger partial charge is 0.315 e. The van der Waals surface area contributed by atoms with Crippen LogP contribution in [0, 0.1) is 17.8 Å². The van der Waals surface area contributed by atoms with E-state index in [1.54, 1.807) is 16.4 Å². The SMILES string of the molecule is O=C(NCc1cccc(-c2ccc(C3OC(CSc4nnnn4-c4ccccc4)CC(c4ccc(CO)cc4)O3)cc2)c1)NC12CC3CC(CC(C3)C1)C2. The summed E-state index contributed by atoms with van der Waals surface area (Å²) in [6, 6.07) is 34.4. The molecule has 5 aliphatic rings. The molecule has 1 saturated heterocycles. The molecule has 10 nitrogen and oxygen atoms in total. The Bertz CT molecular complexity index is 2020. The van der Waals surface area contributed by atoms with Crippen molar-refractivity contribution in [1.82, 2.24) is 30.8 Å². The predicted molar refractivity (Wildman–Crippen MR) is 206 cm³/mol. The third-order valence-corrected chi connectivity index (χ3v) is 12.8. The molecule has 10 rings (SSSR count). The number of para-hydroxylation sites is 1. The van der Waals surface area contributed by atoms with Crippen LogP contribution in [0.15, 0.2) is 108 Å². The molecule has 11 heteroatoms. The number of carbonyl (C=O) groups is 1. The summed E-state index contributed by atoms with van der Waals surface area (Å²) in [4.78, 5) is 13.1. The number of nitrogens with one attached hydrogen (secondary N) is 2. The van der Waals surface area contributed by atoms with E-state index < -0.39 is 6.29 Å². The van der Waals surface area contributed by atoms with Gasteiger partial charge >= 0.3 is 6.03 Å². The van der Waals surface area contributed by atoms with E-state index in [0.717, 1.165) is 76.1 Å². The van der Waals surface area contributed by atoms with Gasteiger partial charge in [0.1, 0.15) is 0 Å². The number of rotatable bonds is 11. The van der Waals surface area contributed by atoms with Crippen molar-refractivity contribution in [3.63, 3.8) is 0 Å². The van der Waals surface area contributed by atoms with Crippen molar-refractivity contribution in [1.29, 1.82) is 0 Å². The van der Waals surface area contributed by atoms with Crippen LogP contribution in [-0.2, 0) is 22.6 Å². The maximum Gasteiger partial charge on any atom is 0.315 e. The van der Waals surface area contributed by atoms with Crippen LogP contribution < -0.4 is 10.6 Å². The minimum absolute atomic E-state index is 0.00164. The lowest BCUT2D eigenvalue weighted by atomic mass is 9.53. The molecule has 3 atom stereocenters. The lowest BCUT2D eigenvalue weighted by Crippen LogP contribution is -2.61. The van der Waals surface area contributed by atoms with Crippen LogP contribution >= 0.6 is 11.8 Å². The highest BCUT2D eigenvalue weighted by atomic mass is 32.2. The average molecular weight is 743 g/mol. The monoisotopic (exact) mass is 742 g/mol. The van der Waals surface area contributed by atoms with Crippen molar-refractivity contribution in [2.75, 3.05) is 5.75 Å². The molecule has 3 unspecified atom stereocenters. The van der Waals surface area contributed by atoms with Crippen molar-refractivity contribution in [2.24, 2.45) is 17.8 Å². The van der Waals surface area contributed by atoms with Gasteiger partial charge in [0.15, 0.2) is 6.29 Å². The van der Waals surface area contributed by atoms with Gasteiger partial charge in [0.05, 0.1) is 24.5 Å². The van der Waals surface area contributed by atoms with E-state index in [1.165, 1.54) is 19.3 Å². The summed E-state index contributed by atoms with van der Waals surface area (Å²) in [5.41, 5.74) is 6.95. The van der Waals surface area contributed by atoms with Gasteiger partial charge in [-0.1, -0.05) is 96.7 Å². The Balaban J connectivity index is 0.865. The number of tetrazole rings is 1. The molecule has 4 aromatic carbocycles. The molecule has 1 aliphatic heterocycles. The summed E-state index contributed by atoms with van der Waals surface area (Å²) in [6.07, 6.45) is 7.25. The van der Waals surface area contributed by atoms with Crippen LogP contribution in [0.3, 0.4) is 0 Å². The Hall–Kier alpha value is -4.55. The third-order valence-electron chi connectivity index (χ3n) is 11.8. The van der Waals surface area contributed by atoms with E-state index >= 15 is 0 Å². The summed E-state index contributed by atoms with van der Waals surface area (Å²) >= 11 is 1.56. The first-order valence-corrected chi connectivity index (χ1v) is 20.2. The fourth-order valence-corrected chi connectivity index (χ4v) is 10.5. The van der Waals surface area contributed by atoms with Gasteiger partial charge in [-0.2, -0.15) is 4.68 Å². The van der Waals surface area contributed by atoms with Gasteiger partial charge in [-0.05, 0) is 113 Å². The molecule has 2 amide bonds. The summed E-state index contributed by atoms with van der Waals surface area (Å²) in [5.74, 6) is 3.01. The zero-order valence-corrected chi connectivity index (χ0v) is 31.0. The molecule has 1 aromatic heterocycles. The van der Waals surface area contributed by atoms with Crippen LogP contribution in [0.25, 0.3) is 16.8 Å². The van der Waals surface area contributed by atoms with Gasteiger partial charge < -0.3 is 25.2 Å². The Kier molecular flexibility index (Phi) is 9.96. The van der Waals surface area contributed by atoms with E-state index in [2.05, 4.69) is 68.6 Å². The molecule has 3 N–H and O–H groups in total. The molecule has 4 bridgehead atoms. The molecular weight excluding hydrogens is 697 g/mol. The Morgan fingerprint density at radius 2 is 1.52 bits per heavy atom. The van der Waals surface area contributed by atoms with Crippen molar-refractivity contribution in [3.8, 4) is 16.8 Å². The van der Waals surface area contributed by atoms with Crippen LogP contribution in [0.4, 0.5) is 4.79 Å². The van der Waals surface area contributed by atoms with Gasteiger partial charge in [0, 0.05) is 29.8 Å². The van der Waals surface area contributed by atoms with Gasteiger partial charge in [0.25, 0.3) is 0 Å². The maximum absolute atomic E-state index is 13.1. The number of hydrogen-bond donors (Lipinski definition) is 3. The number of nitrogens with zero attached hydrogens (tertiary/aromatic N) is 4. The largest absolute Gasteiger partial charge is 0.392 e. The average Bonchev–Trinajstić information content (AvgIpc) is 3.68. The van der Waals surface area contributed by atoms with Gasteiger partial charge in [0.2, 0.25) is 5.16 Å². The van der Waals surface area contributed by atoms with Crippen molar-refractivity contribution >= 4 is 17.8 Å². The number of benzene rings is 4. The second kappa shape index (κ2) is 15.3. The van der Waals surface area contributed by atoms with Crippen LogP contribution in [0.5, 0.6) is 0 Å². The number of thioether (sulfide) groups is 1. The summed E-state index contributed by atoms with van der Waals surface area (Å²) in [7, 11) is 0. The number of aliphatic hydroxyl groups is 1. The first kappa shape index (κ1) is 35.2. The Morgan fingerprint density at radius 1 is 0.796 bits per heavy atom. The molecule has 0 radical (unpaired) electrons. The Morgan fingerprint density at radius 3 is 2.24 bits per heavy atom. The lowest BCUT2D eigenvalue weighted by molar-refractivity contribution is -0.245. The summed E-state index contributed by atoms with van der Waals surface area (Å²) in [5, 5.41) is 29.3. The highest BCUT2D eigenvalue weighted by Gasteiger charge is 2.51. The molecule has 2 heterocycles. The lowest BCUT2D eigenvalue weighted by Gasteiger charge is -2.56. The minimum atomic E-state index is -0.575. The van der Waals surface area contributed by atoms with E-state index in [9.17, 15) is 9.90 Å². The first-order chi connectivity index (χ1) is 26.5. The normalized spacial score (nSPS) is 27.1. The number of hydrogen-bond acceptors (Lipinski definition) is 8. The van der Waals surface area contributed by atoms with Gasteiger partial charge in [-0.15, -0.1) is 5.10 Å². The summed E-state index contributed by atoms with van der Waals surface area (Å²) in [6.45, 7) is 0.474. The third kappa shape index (κ3) is 7.68. The van der Waals surface area contributed by atoms with Crippen molar-refractivity contribution in [3.05, 3.63) is 125 Å². The predicted octanol–water partition coefficient (Wildman–Crippen LogP) is 7.93. The molecule has 0 spiro atoms. The molecule has 54 heavy (non-hydrogen) atoms. The number of aliphatic hydroxyl groups excluding tert-OH is 1. The highest BCUT2D eigenvalue weighted by Crippen LogP contribution is 2.55. The number of ether oxygens (including phenoxy) is 2. The van der Waals surface area contributed by atoms with Crippen LogP contribution in [0.1, 0.15) is 79.6 Å². The van der Waals surface area contributed by atoms with Crippen LogP contribution in [-0.4, -0.2) is 48.7 Å². The molecule has 5 fully saturated rings. The van der Waals surface area contributed by atoms with E-state index in [4.69, 9.17) is 9.47 Å². The Labute approximate surface area is 320 Å². The second-order valence-corrected chi connectivity index (χ2v) is 16.7. The van der Waals surface area contributed by atoms with Gasteiger partial charge in [-0.25, -0.2) is 4.79 Å². The van der Waals surface area contributed by atoms with E-state index in [1.807, 2.05) is 60.7 Å². The van der Waals surface area contributed by atoms with E-state index in [-0.39, 0.29) is 30.4 Å². The molecule has 4 aliphatic carbocycles. The number of carbonyl (C=O) groups excluding carboxylic acids is 1. The molecular formula is C43H46N6O4S. The van der Waals surface area contributed by atoms with Crippen LogP contribution in [0.2, 0.25) is 0 Å². The number of amides is 2. The van der Waals surface area contributed by atoms with E-state index in [0.29, 0.717) is 23.9 Å². The van der Waals surface area contributed by atoms with Gasteiger partial charge in [-0.3, -0.25) is 0 Å². The quantitative estimate of drug-likeness (QED) is 0.117. The molecule has 4 saturated carbocycles. The molecule has 278 valence electrons. The van der Waals surface area contributed by atoms with Crippen molar-refractivity contribution in [2.45, 2.75) is 87.3 Å². The number of aromatic nitrogens is 4. The molecule has 5 aromatic rings. The second-order valence-electron chi connectivity index (χ2n) is 15.7. The highest BCUT2D eigenvalue weighted by molar-refractivity contribution is 7.99. The zero-order chi connectivity index (χ0) is 36.5. The standard InChI is InChI=1S/C43H46N6O4S/c50-26-28-9-11-34(12-10-28)39-21-38(27-54-42-46-47-48-49(42)37-7-2-1-3-8-37)52-40(53-39)35-15-13-33(14-16-35)36-6-4-5-29(20-36)25-44-41(51)45-43-22-30-17-31(23-43)19-32(18-30)24-43/h1-16,20,30-32,38-40,50H,17-19,21-27H2,(H2,44,45,51). The topological polar surface area (TPSA) is 123 Å². The summed E-state index contributed by atoms with van der Waals surface area (Å²) < 4.78 is 15.0. The van der Waals surface area contributed by atoms with Crippen molar-refractivity contribution < 1.29 is 19.4 Å². The minimum Gasteiger partial charge on any atom is -0.392 e. The fraction of sp³-hybridized carbons (Fsp3) is 0.395. The first-order valence-electron chi connectivity index (χ1n) is 19.2. The fourth-order valence-electron chi connectivity index (χ4n) is 9.62. The zero-order valence-electron chi connectivity index (χ0n) is 30.2. The number of urea groups is 1. The maximum atomic E-state index is 13.1.